The Hall–Kier alpha value is -2.37. The number of fused-ring (bicyclic) bond motifs is 1. The van der Waals surface area contributed by atoms with E-state index in [9.17, 15) is 14.4 Å². The maximum atomic E-state index is 12.7. The molecule has 1 aromatic carbocycles. The van der Waals surface area contributed by atoms with E-state index in [-0.39, 0.29) is 18.0 Å². The number of aromatic nitrogens is 2. The summed E-state index contributed by atoms with van der Waals surface area (Å²) in [6, 6.07) is 5.19. The monoisotopic (exact) mass is 315 g/mol. The van der Waals surface area contributed by atoms with Crippen LogP contribution in [0.4, 0.5) is 0 Å². The fraction of sp³-hybridized carbons (Fsp3) is 0.471. The summed E-state index contributed by atoms with van der Waals surface area (Å²) in [5.41, 5.74) is 2.52. The summed E-state index contributed by atoms with van der Waals surface area (Å²) in [7, 11) is 1.74. The van der Waals surface area contributed by atoms with E-state index in [1.54, 1.807) is 11.6 Å². The molecule has 1 saturated heterocycles. The molecule has 2 aromatic rings. The van der Waals surface area contributed by atoms with Crippen molar-refractivity contribution < 1.29 is 9.59 Å². The van der Waals surface area contributed by atoms with Crippen molar-refractivity contribution in [2.24, 2.45) is 7.05 Å². The largest absolute Gasteiger partial charge is 0.329 e. The van der Waals surface area contributed by atoms with Crippen molar-refractivity contribution in [1.29, 1.82) is 0 Å². The van der Waals surface area contributed by atoms with Gasteiger partial charge in [-0.15, -0.1) is 0 Å². The lowest BCUT2D eigenvalue weighted by Crippen LogP contribution is -2.44. The summed E-state index contributed by atoms with van der Waals surface area (Å²) in [4.78, 5) is 36.3. The number of piperidine rings is 1. The molecule has 1 aliphatic heterocycles. The Balaban J connectivity index is 2.23. The van der Waals surface area contributed by atoms with Crippen LogP contribution in [0.25, 0.3) is 11.0 Å². The van der Waals surface area contributed by atoms with Gasteiger partial charge in [0, 0.05) is 13.5 Å². The minimum Gasteiger partial charge on any atom is -0.295 e. The van der Waals surface area contributed by atoms with Gasteiger partial charge in [0.1, 0.15) is 6.04 Å². The summed E-state index contributed by atoms with van der Waals surface area (Å²) in [6.45, 7) is 4.24. The fourth-order valence-electron chi connectivity index (χ4n) is 3.32. The normalized spacial score (nSPS) is 19.9. The zero-order chi connectivity index (χ0) is 16.7. The Labute approximate surface area is 134 Å². The summed E-state index contributed by atoms with van der Waals surface area (Å²) < 4.78 is 3.14. The molecule has 23 heavy (non-hydrogen) atoms. The van der Waals surface area contributed by atoms with Gasteiger partial charge in [-0.25, -0.2) is 4.79 Å². The highest BCUT2D eigenvalue weighted by Crippen LogP contribution is 2.29. The first-order valence-electron chi connectivity index (χ1n) is 7.99. The van der Waals surface area contributed by atoms with Crippen LogP contribution in [0, 0.1) is 0 Å². The minimum atomic E-state index is -0.629. The second-order valence-corrected chi connectivity index (χ2v) is 6.20. The third kappa shape index (κ3) is 2.38. The van der Waals surface area contributed by atoms with Crippen LogP contribution in [-0.2, 0) is 16.6 Å². The Kier molecular flexibility index (Phi) is 3.83. The van der Waals surface area contributed by atoms with Crippen LogP contribution in [-0.4, -0.2) is 20.9 Å². The number of nitrogens with zero attached hydrogens (tertiary/aromatic N) is 2. The van der Waals surface area contributed by atoms with Crippen LogP contribution in [0.15, 0.2) is 23.0 Å². The molecule has 0 aliphatic carbocycles. The average Bonchev–Trinajstić information content (AvgIpc) is 2.79. The first kappa shape index (κ1) is 15.5. The lowest BCUT2D eigenvalue weighted by Gasteiger charge is -2.22. The van der Waals surface area contributed by atoms with E-state index < -0.39 is 11.9 Å². The van der Waals surface area contributed by atoms with Crippen LogP contribution < -0.4 is 11.0 Å². The van der Waals surface area contributed by atoms with Crippen molar-refractivity contribution in [2.45, 2.75) is 45.1 Å². The summed E-state index contributed by atoms with van der Waals surface area (Å²) in [5.74, 6) is -0.355. The zero-order valence-electron chi connectivity index (χ0n) is 13.6. The molecule has 0 radical (unpaired) electrons. The molecule has 1 fully saturated rings. The highest BCUT2D eigenvalue weighted by molar-refractivity contribution is 6.00. The van der Waals surface area contributed by atoms with Crippen LogP contribution in [0.3, 0.4) is 0 Å². The van der Waals surface area contributed by atoms with Crippen molar-refractivity contribution >= 4 is 22.8 Å². The van der Waals surface area contributed by atoms with Crippen molar-refractivity contribution in [3.63, 3.8) is 0 Å². The number of carbonyl (C=O) groups excluding carboxylic acids is 2. The molecule has 1 unspecified atom stereocenters. The highest BCUT2D eigenvalue weighted by Gasteiger charge is 2.31. The van der Waals surface area contributed by atoms with Gasteiger partial charge in [-0.05, 0) is 30.4 Å². The lowest BCUT2D eigenvalue weighted by molar-refractivity contribution is -0.135. The number of para-hydroxylation sites is 1. The molecule has 1 aromatic heterocycles. The number of carbonyl (C=O) groups is 2. The highest BCUT2D eigenvalue weighted by atomic mass is 16.2. The van der Waals surface area contributed by atoms with Crippen molar-refractivity contribution in [3.05, 3.63) is 34.2 Å². The van der Waals surface area contributed by atoms with Gasteiger partial charge < -0.3 is 0 Å². The maximum Gasteiger partial charge on any atom is 0.329 e. The van der Waals surface area contributed by atoms with Crippen molar-refractivity contribution in [2.75, 3.05) is 0 Å². The van der Waals surface area contributed by atoms with Crippen LogP contribution in [0.1, 0.15) is 50.6 Å². The molecule has 1 aliphatic rings. The van der Waals surface area contributed by atoms with E-state index in [0.717, 1.165) is 23.0 Å². The predicted octanol–water partition coefficient (Wildman–Crippen LogP) is 1.83. The Morgan fingerprint density at radius 1 is 1.30 bits per heavy atom. The first-order chi connectivity index (χ1) is 11.0. The topological polar surface area (TPSA) is 73.1 Å². The van der Waals surface area contributed by atoms with E-state index in [4.69, 9.17) is 0 Å². The van der Waals surface area contributed by atoms with Gasteiger partial charge in [-0.3, -0.25) is 24.0 Å². The van der Waals surface area contributed by atoms with E-state index in [1.165, 1.54) is 4.57 Å². The first-order valence-corrected chi connectivity index (χ1v) is 7.99. The molecular formula is C17H21N3O3. The number of amides is 2. The fourth-order valence-corrected chi connectivity index (χ4v) is 3.32. The molecule has 3 rings (SSSR count). The van der Waals surface area contributed by atoms with Crippen LogP contribution in [0.2, 0.25) is 0 Å². The second-order valence-electron chi connectivity index (χ2n) is 6.20. The number of aryl methyl sites for hydroxylation is 1. The van der Waals surface area contributed by atoms with Crippen molar-refractivity contribution in [3.8, 4) is 0 Å². The molecule has 0 spiro atoms. The van der Waals surface area contributed by atoms with Gasteiger partial charge in [0.2, 0.25) is 11.8 Å². The average molecular weight is 315 g/mol. The molecule has 6 heteroatoms. The Bertz CT molecular complexity index is 847. The number of rotatable bonds is 3. The summed E-state index contributed by atoms with van der Waals surface area (Å²) in [6.07, 6.45) is 1.58. The van der Waals surface area contributed by atoms with Gasteiger partial charge in [0.05, 0.1) is 11.0 Å². The van der Waals surface area contributed by atoms with E-state index >= 15 is 0 Å². The van der Waals surface area contributed by atoms with Gasteiger partial charge in [0.15, 0.2) is 0 Å². The Morgan fingerprint density at radius 2 is 2.04 bits per heavy atom. The zero-order valence-corrected chi connectivity index (χ0v) is 13.6. The standard InChI is InChI=1S/C17H21N3O3/c1-4-10(2)11-6-5-7-12-15(11)19(3)17(23)20(12)13-8-9-14(21)18-16(13)22/h5-7,10,13H,4,8-9H2,1-3H3,(H,18,21,22)/t10?,13-/m0/s1. The maximum absolute atomic E-state index is 12.7. The molecule has 2 heterocycles. The third-order valence-corrected chi connectivity index (χ3v) is 4.80. The van der Waals surface area contributed by atoms with Gasteiger partial charge in [-0.1, -0.05) is 26.0 Å². The van der Waals surface area contributed by atoms with E-state index in [2.05, 4.69) is 19.2 Å². The second kappa shape index (κ2) is 5.68. The molecule has 1 N–H and O–H groups in total. The Morgan fingerprint density at radius 3 is 2.70 bits per heavy atom. The summed E-state index contributed by atoms with van der Waals surface area (Å²) in [5, 5.41) is 2.33. The third-order valence-electron chi connectivity index (χ3n) is 4.80. The lowest BCUT2D eigenvalue weighted by atomic mass is 9.97. The molecular weight excluding hydrogens is 294 g/mol. The van der Waals surface area contributed by atoms with E-state index in [0.29, 0.717) is 12.3 Å². The van der Waals surface area contributed by atoms with Crippen LogP contribution in [0.5, 0.6) is 0 Å². The summed E-state index contributed by atoms with van der Waals surface area (Å²) >= 11 is 0. The van der Waals surface area contributed by atoms with Crippen LogP contribution >= 0.6 is 0 Å². The quantitative estimate of drug-likeness (QED) is 0.878. The molecule has 0 bridgehead atoms. The molecule has 6 nitrogen and oxygen atoms in total. The molecule has 2 amide bonds. The van der Waals surface area contributed by atoms with E-state index in [1.807, 2.05) is 18.2 Å². The minimum absolute atomic E-state index is 0.217. The number of hydrogen-bond acceptors (Lipinski definition) is 3. The van der Waals surface area contributed by atoms with Gasteiger partial charge in [-0.2, -0.15) is 0 Å². The number of imidazole rings is 1. The number of hydrogen-bond donors (Lipinski definition) is 1. The molecule has 2 atom stereocenters. The smallest absolute Gasteiger partial charge is 0.295 e. The SMILES string of the molecule is CCC(C)c1cccc2c1n(C)c(=O)n2[C@H]1CCC(=O)NC1=O. The van der Waals surface area contributed by atoms with Gasteiger partial charge in [0.25, 0.3) is 0 Å². The van der Waals surface area contributed by atoms with Crippen molar-refractivity contribution in [1.82, 2.24) is 14.5 Å². The number of benzene rings is 1. The number of imide groups is 1. The molecule has 122 valence electrons. The molecule has 0 saturated carbocycles. The predicted molar refractivity (Wildman–Crippen MR) is 87.3 cm³/mol. The number of nitrogens with one attached hydrogen (secondary N) is 1. The van der Waals surface area contributed by atoms with Gasteiger partial charge >= 0.3 is 5.69 Å².